The van der Waals surface area contributed by atoms with Gasteiger partial charge in [-0.3, -0.25) is 0 Å². The minimum absolute atomic E-state index is 0.0739. The molecule has 0 unspecified atom stereocenters. The predicted molar refractivity (Wildman–Crippen MR) is 95.5 cm³/mol. The van der Waals surface area contributed by atoms with E-state index < -0.39 is 0 Å². The van der Waals surface area contributed by atoms with Gasteiger partial charge in [0.25, 0.3) is 0 Å². The predicted octanol–water partition coefficient (Wildman–Crippen LogP) is 2.99. The van der Waals surface area contributed by atoms with Gasteiger partial charge in [-0.25, -0.2) is 0 Å². The number of unbranched alkanes of at least 4 members (excludes halogenated alkanes) is 1. The largest absolute Gasteiger partial charge is 0.494 e. The van der Waals surface area contributed by atoms with E-state index in [4.69, 9.17) is 9.84 Å². The van der Waals surface area contributed by atoms with Gasteiger partial charge in [0.15, 0.2) is 0 Å². The van der Waals surface area contributed by atoms with Crippen LogP contribution in [0.5, 0.6) is 5.75 Å². The van der Waals surface area contributed by atoms with Gasteiger partial charge in [-0.05, 0) is 53.3 Å². The third-order valence-corrected chi connectivity index (χ3v) is 3.72. The molecule has 2 aromatic rings. The first-order valence-electron chi connectivity index (χ1n) is 8.12. The molecule has 4 nitrogen and oxygen atoms in total. The van der Waals surface area contributed by atoms with Crippen LogP contribution < -0.4 is 4.74 Å². The van der Waals surface area contributed by atoms with Crippen molar-refractivity contribution in [2.45, 2.75) is 26.1 Å². The van der Waals surface area contributed by atoms with E-state index in [0.29, 0.717) is 6.61 Å². The van der Waals surface area contributed by atoms with E-state index in [2.05, 4.69) is 0 Å². The van der Waals surface area contributed by atoms with E-state index in [-0.39, 0.29) is 19.8 Å². The van der Waals surface area contributed by atoms with Gasteiger partial charge in [-0.15, -0.1) is 0 Å². The minimum Gasteiger partial charge on any atom is -0.494 e. The van der Waals surface area contributed by atoms with Crippen LogP contribution in [0.3, 0.4) is 0 Å². The Balaban J connectivity index is 2.03. The van der Waals surface area contributed by atoms with Crippen LogP contribution >= 0.6 is 0 Å². The molecule has 24 heavy (non-hydrogen) atoms. The first-order valence-corrected chi connectivity index (χ1v) is 8.12. The summed E-state index contributed by atoms with van der Waals surface area (Å²) in [5.74, 6) is 0.807. The lowest BCUT2D eigenvalue weighted by atomic mass is 10.0. The van der Waals surface area contributed by atoms with E-state index in [0.717, 1.165) is 40.8 Å². The maximum absolute atomic E-state index is 9.35. The quantitative estimate of drug-likeness (QED) is 0.489. The van der Waals surface area contributed by atoms with Crippen LogP contribution in [-0.4, -0.2) is 28.5 Å². The number of hydrogen-bond acceptors (Lipinski definition) is 4. The molecule has 0 heterocycles. The highest BCUT2D eigenvalue weighted by Crippen LogP contribution is 2.18. The molecule has 0 radical (unpaired) electrons. The van der Waals surface area contributed by atoms with Crippen LogP contribution in [0.4, 0.5) is 0 Å². The molecule has 3 N–H and O–H groups in total. The van der Waals surface area contributed by atoms with Crippen molar-refractivity contribution in [1.29, 1.82) is 0 Å². The lowest BCUT2D eigenvalue weighted by molar-refractivity contribution is 0.253. The molecule has 0 spiro atoms. The van der Waals surface area contributed by atoms with Crippen LogP contribution in [-0.2, 0) is 13.2 Å². The molecule has 0 fully saturated rings. The van der Waals surface area contributed by atoms with Gasteiger partial charge >= 0.3 is 0 Å². The van der Waals surface area contributed by atoms with Crippen LogP contribution in [0.15, 0.2) is 42.5 Å². The summed E-state index contributed by atoms with van der Waals surface area (Å²) in [6.07, 6.45) is 5.52. The molecule has 0 saturated heterocycles. The molecule has 0 bridgehead atoms. The van der Waals surface area contributed by atoms with Gasteiger partial charge in [0.2, 0.25) is 0 Å². The third-order valence-electron chi connectivity index (χ3n) is 3.72. The summed E-state index contributed by atoms with van der Waals surface area (Å²) in [6.45, 7) is 0.623. The SMILES string of the molecule is OCCCCOc1cccc(/C=C/c2ccc(CO)c(CO)c2)c1. The van der Waals surface area contributed by atoms with Crippen LogP contribution in [0, 0.1) is 0 Å². The maximum atomic E-state index is 9.35. The van der Waals surface area contributed by atoms with E-state index in [1.165, 1.54) is 0 Å². The molecule has 2 aromatic carbocycles. The van der Waals surface area contributed by atoms with Gasteiger partial charge in [0.1, 0.15) is 5.75 Å². The van der Waals surface area contributed by atoms with Crippen molar-refractivity contribution >= 4 is 12.2 Å². The fraction of sp³-hybridized carbons (Fsp3) is 0.300. The number of aliphatic hydroxyl groups is 3. The van der Waals surface area contributed by atoms with E-state index in [1.807, 2.05) is 54.6 Å². The Morgan fingerprint density at radius 1 is 0.792 bits per heavy atom. The van der Waals surface area contributed by atoms with Gasteiger partial charge in [0.05, 0.1) is 19.8 Å². The molecule has 128 valence electrons. The zero-order chi connectivity index (χ0) is 17.2. The van der Waals surface area contributed by atoms with Crippen LogP contribution in [0.2, 0.25) is 0 Å². The number of ether oxygens (including phenoxy) is 1. The summed E-state index contributed by atoms with van der Waals surface area (Å²) < 4.78 is 5.66. The number of aliphatic hydroxyl groups excluding tert-OH is 3. The Kier molecular flexibility index (Phi) is 7.49. The lowest BCUT2D eigenvalue weighted by Gasteiger charge is -2.07. The van der Waals surface area contributed by atoms with Gasteiger partial charge in [-0.1, -0.05) is 36.4 Å². The number of rotatable bonds is 9. The molecule has 0 atom stereocenters. The van der Waals surface area contributed by atoms with Crippen molar-refractivity contribution in [1.82, 2.24) is 0 Å². The summed E-state index contributed by atoms with van der Waals surface area (Å²) >= 11 is 0. The Morgan fingerprint density at radius 2 is 1.54 bits per heavy atom. The second-order valence-electron chi connectivity index (χ2n) is 5.53. The molecule has 0 aromatic heterocycles. The van der Waals surface area contributed by atoms with Gasteiger partial charge in [0, 0.05) is 6.61 Å². The van der Waals surface area contributed by atoms with Gasteiger partial charge in [-0.2, -0.15) is 0 Å². The van der Waals surface area contributed by atoms with Crippen molar-refractivity contribution in [2.75, 3.05) is 13.2 Å². The molecule has 0 aliphatic heterocycles. The lowest BCUT2D eigenvalue weighted by Crippen LogP contribution is -1.98. The van der Waals surface area contributed by atoms with Crippen LogP contribution in [0.1, 0.15) is 35.1 Å². The number of benzene rings is 2. The zero-order valence-corrected chi connectivity index (χ0v) is 13.7. The third kappa shape index (κ3) is 5.49. The summed E-state index contributed by atoms with van der Waals surface area (Å²) in [7, 11) is 0. The summed E-state index contributed by atoms with van der Waals surface area (Å²) in [6, 6.07) is 13.4. The van der Waals surface area contributed by atoms with Crippen molar-refractivity contribution in [3.8, 4) is 5.75 Å². The molecular formula is C20H24O4. The molecule has 0 aliphatic carbocycles. The summed E-state index contributed by atoms with van der Waals surface area (Å²) in [5, 5.41) is 27.3. The Bertz CT molecular complexity index is 664. The Labute approximate surface area is 142 Å². The zero-order valence-electron chi connectivity index (χ0n) is 13.7. The molecule has 0 saturated carbocycles. The highest BCUT2D eigenvalue weighted by molar-refractivity contribution is 5.70. The number of hydrogen-bond donors (Lipinski definition) is 3. The molecular weight excluding hydrogens is 304 g/mol. The first-order chi connectivity index (χ1) is 11.8. The van der Waals surface area contributed by atoms with Crippen molar-refractivity contribution in [3.05, 3.63) is 64.7 Å². The topological polar surface area (TPSA) is 69.9 Å². The van der Waals surface area contributed by atoms with E-state index in [9.17, 15) is 10.2 Å². The highest BCUT2D eigenvalue weighted by atomic mass is 16.5. The first kappa shape index (κ1) is 18.2. The van der Waals surface area contributed by atoms with Crippen molar-refractivity contribution < 1.29 is 20.1 Å². The molecule has 2 rings (SSSR count). The fourth-order valence-corrected chi connectivity index (χ4v) is 2.36. The Hall–Kier alpha value is -2.14. The van der Waals surface area contributed by atoms with E-state index in [1.54, 1.807) is 0 Å². The summed E-state index contributed by atoms with van der Waals surface area (Å²) in [5.41, 5.74) is 3.46. The standard InChI is InChI=1S/C20H24O4/c21-10-1-2-11-24-20-5-3-4-16(13-20)6-7-17-8-9-18(14-22)19(12-17)15-23/h3-9,12-13,21-23H,1-2,10-11,14-15H2/b7-6+. The Morgan fingerprint density at radius 3 is 2.25 bits per heavy atom. The average molecular weight is 328 g/mol. The second kappa shape index (κ2) is 9.88. The van der Waals surface area contributed by atoms with Crippen molar-refractivity contribution in [2.24, 2.45) is 0 Å². The van der Waals surface area contributed by atoms with Gasteiger partial charge < -0.3 is 20.1 Å². The average Bonchev–Trinajstić information content (AvgIpc) is 2.63. The fourth-order valence-electron chi connectivity index (χ4n) is 2.36. The van der Waals surface area contributed by atoms with Crippen molar-refractivity contribution in [3.63, 3.8) is 0 Å². The smallest absolute Gasteiger partial charge is 0.119 e. The second-order valence-corrected chi connectivity index (χ2v) is 5.53. The molecule has 4 heteroatoms. The van der Waals surface area contributed by atoms with E-state index >= 15 is 0 Å². The molecule has 0 aliphatic rings. The monoisotopic (exact) mass is 328 g/mol. The maximum Gasteiger partial charge on any atom is 0.119 e. The highest BCUT2D eigenvalue weighted by Gasteiger charge is 2.01. The minimum atomic E-state index is -0.0886. The normalized spacial score (nSPS) is 11.1. The molecule has 0 amide bonds. The summed E-state index contributed by atoms with van der Waals surface area (Å²) in [4.78, 5) is 0. The van der Waals surface area contributed by atoms with Crippen LogP contribution in [0.25, 0.3) is 12.2 Å².